The van der Waals surface area contributed by atoms with Crippen molar-refractivity contribution in [2.75, 3.05) is 11.4 Å². The van der Waals surface area contributed by atoms with Crippen LogP contribution in [0.4, 0.5) is 11.4 Å². The summed E-state index contributed by atoms with van der Waals surface area (Å²) >= 11 is 6.13. The Labute approximate surface area is 172 Å². The van der Waals surface area contributed by atoms with Crippen LogP contribution in [0.5, 0.6) is 0 Å². The molecule has 146 valence electrons. The molecule has 0 saturated heterocycles. The Morgan fingerprint density at radius 1 is 1.03 bits per heavy atom. The van der Waals surface area contributed by atoms with Gasteiger partial charge < -0.3 is 9.42 Å². The normalized spacial score (nSPS) is 15.7. The molecule has 0 aliphatic carbocycles. The van der Waals surface area contributed by atoms with Crippen LogP contribution in [-0.2, 0) is 0 Å². The largest absolute Gasteiger partial charge is 0.339 e. The van der Waals surface area contributed by atoms with E-state index >= 15 is 0 Å². The Balaban J connectivity index is 1.74. The summed E-state index contributed by atoms with van der Waals surface area (Å²) in [5, 5.41) is 13.4. The predicted molar refractivity (Wildman–Crippen MR) is 111 cm³/mol. The first-order valence-electron chi connectivity index (χ1n) is 9.41. The van der Waals surface area contributed by atoms with Crippen LogP contribution in [0.2, 0.25) is 5.02 Å². The molecule has 0 radical (unpaired) electrons. The highest BCUT2D eigenvalue weighted by atomic mass is 35.5. The maximum absolute atomic E-state index is 6.13. The van der Waals surface area contributed by atoms with E-state index in [0.29, 0.717) is 16.7 Å². The quantitative estimate of drug-likeness (QED) is 0.474. The molecule has 1 aliphatic heterocycles. The van der Waals surface area contributed by atoms with E-state index in [1.165, 1.54) is 0 Å². The summed E-state index contributed by atoms with van der Waals surface area (Å²) in [7, 11) is 0. The Bertz CT molecular complexity index is 1200. The van der Waals surface area contributed by atoms with Gasteiger partial charge in [0.05, 0.1) is 11.4 Å². The summed E-state index contributed by atoms with van der Waals surface area (Å²) in [5.41, 5.74) is 3.96. The number of rotatable bonds is 2. The van der Waals surface area contributed by atoms with Gasteiger partial charge in [0, 0.05) is 28.7 Å². The molecule has 4 aromatic rings. The molecule has 2 aromatic carbocycles. The molecule has 0 fully saturated rings. The van der Waals surface area contributed by atoms with Crippen LogP contribution in [0.3, 0.4) is 0 Å². The highest BCUT2D eigenvalue weighted by molar-refractivity contribution is 6.30. The fourth-order valence-corrected chi connectivity index (χ4v) is 3.92. The van der Waals surface area contributed by atoms with Crippen LogP contribution >= 0.6 is 11.6 Å². The van der Waals surface area contributed by atoms with Gasteiger partial charge in [0.1, 0.15) is 11.6 Å². The van der Waals surface area contributed by atoms with E-state index in [0.717, 1.165) is 40.8 Å². The van der Waals surface area contributed by atoms with E-state index < -0.39 is 0 Å². The summed E-state index contributed by atoms with van der Waals surface area (Å²) in [6, 6.07) is 14.0. The van der Waals surface area contributed by atoms with Crippen molar-refractivity contribution in [2.24, 2.45) is 0 Å². The molecule has 8 heteroatoms. The number of hydrogen-bond donors (Lipinski definition) is 0. The van der Waals surface area contributed by atoms with Crippen molar-refractivity contribution in [3.05, 3.63) is 65.0 Å². The fourth-order valence-electron chi connectivity index (χ4n) is 3.79. The maximum atomic E-state index is 6.13. The number of fused-ring (bicyclic) bond motifs is 3. The van der Waals surface area contributed by atoms with E-state index in [1.54, 1.807) is 0 Å². The van der Waals surface area contributed by atoms with Gasteiger partial charge in [-0.1, -0.05) is 23.7 Å². The molecule has 1 atom stereocenters. The molecule has 1 aliphatic rings. The summed E-state index contributed by atoms with van der Waals surface area (Å²) in [6.07, 6.45) is 0. The van der Waals surface area contributed by atoms with E-state index in [2.05, 4.69) is 48.9 Å². The van der Waals surface area contributed by atoms with Crippen molar-refractivity contribution in [3.8, 4) is 17.1 Å². The van der Waals surface area contributed by atoms with Crippen molar-refractivity contribution in [3.63, 3.8) is 0 Å². The van der Waals surface area contributed by atoms with Crippen molar-refractivity contribution in [1.82, 2.24) is 24.9 Å². The Hall–Kier alpha value is -3.19. The summed E-state index contributed by atoms with van der Waals surface area (Å²) in [4.78, 5) is 6.66. The zero-order chi connectivity index (χ0) is 20.1. The molecule has 0 spiro atoms. The van der Waals surface area contributed by atoms with Gasteiger partial charge in [0.25, 0.3) is 5.89 Å². The maximum Gasteiger partial charge on any atom is 0.257 e. The van der Waals surface area contributed by atoms with Crippen LogP contribution in [-0.4, -0.2) is 31.4 Å². The minimum atomic E-state index is 0.174. The fraction of sp³-hybridized carbons (Fsp3) is 0.238. The highest BCUT2D eigenvalue weighted by Crippen LogP contribution is 2.40. The van der Waals surface area contributed by atoms with Gasteiger partial charge >= 0.3 is 0 Å². The van der Waals surface area contributed by atoms with Gasteiger partial charge in [-0.25, -0.2) is 0 Å². The van der Waals surface area contributed by atoms with Crippen LogP contribution in [0.25, 0.3) is 17.1 Å². The second kappa shape index (κ2) is 6.70. The van der Waals surface area contributed by atoms with Crippen LogP contribution in [0.15, 0.2) is 47.0 Å². The number of halogens is 1. The lowest BCUT2D eigenvalue weighted by atomic mass is 10.1. The third-order valence-corrected chi connectivity index (χ3v) is 5.42. The van der Waals surface area contributed by atoms with Crippen LogP contribution < -0.4 is 4.90 Å². The molecule has 0 N–H and O–H groups in total. The minimum Gasteiger partial charge on any atom is -0.339 e. The molecule has 0 amide bonds. The number of anilines is 2. The predicted octanol–water partition coefficient (Wildman–Crippen LogP) is 4.84. The molecule has 5 rings (SSSR count). The molecule has 29 heavy (non-hydrogen) atoms. The van der Waals surface area contributed by atoms with Crippen LogP contribution in [0.1, 0.15) is 30.3 Å². The monoisotopic (exact) mass is 406 g/mol. The number of aryl methyl sites for hydroxylation is 2. The van der Waals surface area contributed by atoms with E-state index in [1.807, 2.05) is 44.2 Å². The number of benzene rings is 2. The third-order valence-electron chi connectivity index (χ3n) is 5.17. The van der Waals surface area contributed by atoms with Crippen molar-refractivity contribution in [1.29, 1.82) is 0 Å². The van der Waals surface area contributed by atoms with Gasteiger partial charge in [-0.15, -0.1) is 10.2 Å². The summed E-state index contributed by atoms with van der Waals surface area (Å²) in [5.74, 6) is 3.08. The Morgan fingerprint density at radius 2 is 1.83 bits per heavy atom. The van der Waals surface area contributed by atoms with Crippen molar-refractivity contribution >= 4 is 23.0 Å². The molecule has 2 aromatic heterocycles. The first-order valence-corrected chi connectivity index (χ1v) is 9.79. The summed E-state index contributed by atoms with van der Waals surface area (Å²) < 4.78 is 7.52. The van der Waals surface area contributed by atoms with E-state index in [4.69, 9.17) is 16.1 Å². The topological polar surface area (TPSA) is 72.9 Å². The first kappa shape index (κ1) is 17.9. The number of aromatic nitrogens is 5. The van der Waals surface area contributed by atoms with Crippen molar-refractivity contribution < 1.29 is 4.52 Å². The van der Waals surface area contributed by atoms with Gasteiger partial charge in [-0.05, 0) is 56.3 Å². The molecular weight excluding hydrogens is 388 g/mol. The number of hydrogen-bond acceptors (Lipinski definition) is 6. The van der Waals surface area contributed by atoms with Gasteiger partial charge in [0.15, 0.2) is 5.82 Å². The SMILES string of the molecule is Cc1noc(-c2ccc3c(c2)N(c2ccc(Cl)cc2)C[C@@H](C)c2nnc(C)n2-3)n1. The van der Waals surface area contributed by atoms with Gasteiger partial charge in [0.2, 0.25) is 0 Å². The first-order chi connectivity index (χ1) is 14.0. The van der Waals surface area contributed by atoms with Crippen LogP contribution in [0, 0.1) is 13.8 Å². The van der Waals surface area contributed by atoms with Gasteiger partial charge in [-0.3, -0.25) is 4.57 Å². The second-order valence-electron chi connectivity index (χ2n) is 7.28. The van der Waals surface area contributed by atoms with E-state index in [-0.39, 0.29) is 5.92 Å². The highest BCUT2D eigenvalue weighted by Gasteiger charge is 2.29. The van der Waals surface area contributed by atoms with Crippen molar-refractivity contribution in [2.45, 2.75) is 26.7 Å². The zero-order valence-corrected chi connectivity index (χ0v) is 17.1. The smallest absolute Gasteiger partial charge is 0.257 e. The molecule has 3 heterocycles. The lowest BCUT2D eigenvalue weighted by Crippen LogP contribution is -2.22. The molecule has 7 nitrogen and oxygen atoms in total. The standard InChI is InChI=1S/C21H19ClN6O/c1-12-11-27(17-7-5-16(22)6-8-17)19-10-15(21-23-13(2)26-29-21)4-9-18(19)28-14(3)24-25-20(12)28/h4-10,12H,11H2,1-3H3/t12-/m1/s1. The van der Waals surface area contributed by atoms with Gasteiger partial charge in [-0.2, -0.15) is 4.98 Å². The lowest BCUT2D eigenvalue weighted by molar-refractivity contribution is 0.425. The Kier molecular flexibility index (Phi) is 4.13. The molecule has 0 unspecified atom stereocenters. The lowest BCUT2D eigenvalue weighted by Gasteiger charge is -2.27. The Morgan fingerprint density at radius 3 is 2.55 bits per heavy atom. The molecule has 0 saturated carbocycles. The average Bonchev–Trinajstić information content (AvgIpc) is 3.29. The second-order valence-corrected chi connectivity index (χ2v) is 7.72. The molecular formula is C21H19ClN6O. The number of nitrogens with zero attached hydrogens (tertiary/aromatic N) is 6. The van der Waals surface area contributed by atoms with E-state index in [9.17, 15) is 0 Å². The zero-order valence-electron chi connectivity index (χ0n) is 16.3. The average molecular weight is 407 g/mol. The summed E-state index contributed by atoms with van der Waals surface area (Å²) in [6.45, 7) is 6.70. The minimum absolute atomic E-state index is 0.174. The molecule has 0 bridgehead atoms. The third kappa shape index (κ3) is 2.98.